The number of carbonyl (C=O) groups excluding carboxylic acids is 7. The third kappa shape index (κ3) is 9.84. The molecule has 3 saturated heterocycles. The predicted octanol–water partition coefficient (Wildman–Crippen LogP) is 2.41. The number of Topliss-reactive ketones (excluding diaryl/α,β-unsaturated/α-hetero) is 1. The van der Waals surface area contributed by atoms with Crippen LogP contribution in [-0.2, 0) is 35.2 Å². The third-order valence-electron chi connectivity index (χ3n) is 11.4. The molecule has 8 atom stereocenters. The van der Waals surface area contributed by atoms with Crippen molar-refractivity contribution in [3.05, 3.63) is 64.4 Å². The molecule has 5 N–H and O–H groups in total. The van der Waals surface area contributed by atoms with E-state index in [0.29, 0.717) is 37.1 Å². The Hall–Kier alpha value is -4.74. The molecular formula is C41H51ClFN7O8S. The van der Waals surface area contributed by atoms with E-state index in [1.54, 1.807) is 24.0 Å². The first-order valence-corrected chi connectivity index (χ1v) is 21.4. The zero-order valence-electron chi connectivity index (χ0n) is 33.5. The molecule has 2 aromatic carbocycles. The second-order valence-corrected chi connectivity index (χ2v) is 17.7. The van der Waals surface area contributed by atoms with Gasteiger partial charge >= 0.3 is 6.03 Å². The van der Waals surface area contributed by atoms with E-state index >= 15 is 0 Å². The number of carbonyl (C=O) groups is 7. The summed E-state index contributed by atoms with van der Waals surface area (Å²) in [5, 5.41) is 21.3. The van der Waals surface area contributed by atoms with Crippen LogP contribution in [0.3, 0.4) is 0 Å². The lowest BCUT2D eigenvalue weighted by Gasteiger charge is -2.39. The van der Waals surface area contributed by atoms with Gasteiger partial charge in [0.15, 0.2) is 5.78 Å². The molecule has 0 radical (unpaired) electrons. The Morgan fingerprint density at radius 2 is 1.75 bits per heavy atom. The monoisotopic (exact) mass is 855 g/mol. The number of thioether (sulfide) groups is 1. The van der Waals surface area contributed by atoms with Crippen molar-refractivity contribution in [2.75, 3.05) is 36.5 Å². The van der Waals surface area contributed by atoms with Gasteiger partial charge in [0, 0.05) is 49.0 Å². The van der Waals surface area contributed by atoms with Crippen LogP contribution >= 0.6 is 23.4 Å². The van der Waals surface area contributed by atoms with Crippen LogP contribution in [0.4, 0.5) is 14.9 Å². The first kappa shape index (κ1) is 43.8. The van der Waals surface area contributed by atoms with Gasteiger partial charge in [-0.25, -0.2) is 9.18 Å². The smallest absolute Gasteiger partial charge is 0.319 e. The van der Waals surface area contributed by atoms with Crippen molar-refractivity contribution >= 4 is 70.4 Å². The van der Waals surface area contributed by atoms with Crippen LogP contribution in [0.2, 0.25) is 5.02 Å². The van der Waals surface area contributed by atoms with Crippen LogP contribution < -0.4 is 21.3 Å². The van der Waals surface area contributed by atoms with Crippen LogP contribution in [0, 0.1) is 18.7 Å². The zero-order chi connectivity index (χ0) is 42.8. The van der Waals surface area contributed by atoms with E-state index in [1.807, 2.05) is 26.0 Å². The number of rotatable bonds is 12. The van der Waals surface area contributed by atoms with Crippen molar-refractivity contribution in [3.8, 4) is 0 Å². The second kappa shape index (κ2) is 18.3. The van der Waals surface area contributed by atoms with Crippen molar-refractivity contribution < 1.29 is 43.1 Å². The number of benzene rings is 2. The third-order valence-corrected chi connectivity index (χ3v) is 12.7. The molecule has 59 heavy (non-hydrogen) atoms. The Morgan fingerprint density at radius 3 is 2.42 bits per heavy atom. The molecule has 1 saturated carbocycles. The normalized spacial score (nSPS) is 24.6. The molecule has 18 heteroatoms. The van der Waals surface area contributed by atoms with Gasteiger partial charge in [0.25, 0.3) is 0 Å². The molecule has 6 rings (SSSR count). The van der Waals surface area contributed by atoms with E-state index in [4.69, 9.17) is 11.6 Å². The minimum atomic E-state index is -1.52. The molecule has 1 aliphatic carbocycles. The lowest BCUT2D eigenvalue weighted by atomic mass is 10.0. The molecule has 0 bridgehead atoms. The number of hydrogen-bond acceptors (Lipinski definition) is 9. The molecule has 3 aliphatic heterocycles. The summed E-state index contributed by atoms with van der Waals surface area (Å²) in [4.78, 5) is 99.4. The number of halogens is 2. The Balaban J connectivity index is 1.13. The van der Waals surface area contributed by atoms with Gasteiger partial charge in [-0.3, -0.25) is 28.8 Å². The highest BCUT2D eigenvalue weighted by molar-refractivity contribution is 7.99. The summed E-state index contributed by atoms with van der Waals surface area (Å²) in [6.45, 7) is 7.53. The predicted molar refractivity (Wildman–Crippen MR) is 219 cm³/mol. The molecule has 4 fully saturated rings. The number of aryl methyl sites for hydroxylation is 1. The Kier molecular flexibility index (Phi) is 13.6. The van der Waals surface area contributed by atoms with E-state index in [2.05, 4.69) is 21.3 Å². The largest absolute Gasteiger partial charge is 0.391 e. The van der Waals surface area contributed by atoms with E-state index in [9.17, 15) is 43.1 Å². The maximum Gasteiger partial charge on any atom is 0.319 e. The molecule has 7 amide bonds. The number of nitrogens with one attached hydrogen (secondary N) is 4. The average Bonchev–Trinajstić information content (AvgIpc) is 3.46. The minimum Gasteiger partial charge on any atom is -0.391 e. The fraction of sp³-hybridized carbons (Fsp3) is 0.537. The summed E-state index contributed by atoms with van der Waals surface area (Å²) in [6, 6.07) is 4.32. The molecule has 0 aromatic heterocycles. The van der Waals surface area contributed by atoms with Gasteiger partial charge in [0.1, 0.15) is 41.6 Å². The molecule has 0 unspecified atom stereocenters. The molecule has 2 aromatic rings. The fourth-order valence-corrected chi connectivity index (χ4v) is 9.58. The number of aliphatic hydroxyl groups is 1. The first-order chi connectivity index (χ1) is 28.0. The van der Waals surface area contributed by atoms with Gasteiger partial charge in [-0.2, -0.15) is 11.8 Å². The lowest BCUT2D eigenvalue weighted by Crippen LogP contribution is -2.62. The quantitative estimate of drug-likeness (QED) is 0.213. The topological polar surface area (TPSA) is 198 Å². The summed E-state index contributed by atoms with van der Waals surface area (Å²) in [5.41, 5.74) is 0.621. The standard InChI is InChI=1S/C41H51ClFN7O8S/c1-22-7-5-8-26(15-22)16-30(46-40(58)45-29-11-10-27(42)17-28(29)43)35(53)47-34(25(4)51)39(57)48-12-6-9-31(48)38(56)49-13-14-59-21-32(49)36(54)44-24(3)37(55)50-20-23(2)18-41(50)19-33(41)52/h5,7-8,10-11,15,17,23-25,30-32,34,51H,6,9,12-14,16,18-21H2,1-4H3,(H,44,54)(H,47,53)(H2,45,46,58)/t23-,24+,25+,30+,31+,32+,34+,41+/m1/s1. The highest BCUT2D eigenvalue weighted by Crippen LogP contribution is 2.48. The molecular weight excluding hydrogens is 805 g/mol. The number of hydrogen-bond donors (Lipinski definition) is 5. The second-order valence-electron chi connectivity index (χ2n) is 16.1. The molecule has 1 spiro atoms. The van der Waals surface area contributed by atoms with E-state index in [-0.39, 0.29) is 60.0 Å². The van der Waals surface area contributed by atoms with Crippen molar-refractivity contribution in [2.45, 2.75) is 102 Å². The average molecular weight is 856 g/mol. The summed E-state index contributed by atoms with van der Waals surface area (Å²) in [7, 11) is 0. The summed E-state index contributed by atoms with van der Waals surface area (Å²) >= 11 is 7.33. The number of aliphatic hydroxyl groups excluding tert-OH is 1. The lowest BCUT2D eigenvalue weighted by molar-refractivity contribution is -0.150. The van der Waals surface area contributed by atoms with Crippen LogP contribution in [0.25, 0.3) is 0 Å². The fourth-order valence-electron chi connectivity index (χ4n) is 8.37. The van der Waals surface area contributed by atoms with Crippen molar-refractivity contribution in [3.63, 3.8) is 0 Å². The number of nitrogens with zero attached hydrogens (tertiary/aromatic N) is 3. The number of likely N-dealkylation sites (tertiary alicyclic amines) is 2. The number of amides is 7. The van der Waals surface area contributed by atoms with Crippen molar-refractivity contribution in [2.24, 2.45) is 5.92 Å². The Morgan fingerprint density at radius 1 is 1.00 bits per heavy atom. The number of urea groups is 1. The molecule has 15 nitrogen and oxygen atoms in total. The first-order valence-electron chi connectivity index (χ1n) is 19.9. The van der Waals surface area contributed by atoms with Gasteiger partial charge in [0.05, 0.1) is 11.8 Å². The zero-order valence-corrected chi connectivity index (χ0v) is 35.0. The van der Waals surface area contributed by atoms with Crippen LogP contribution in [-0.4, -0.2) is 134 Å². The molecule has 3 heterocycles. The minimum absolute atomic E-state index is 0.0215. The summed E-state index contributed by atoms with van der Waals surface area (Å²) in [6.07, 6.45) is 0.197. The van der Waals surface area contributed by atoms with Crippen molar-refractivity contribution in [1.29, 1.82) is 0 Å². The van der Waals surface area contributed by atoms with Crippen LogP contribution in [0.5, 0.6) is 0 Å². The molecule has 318 valence electrons. The van der Waals surface area contributed by atoms with Gasteiger partial charge in [-0.15, -0.1) is 0 Å². The number of ketones is 1. The van der Waals surface area contributed by atoms with E-state index < -0.39 is 77.3 Å². The maximum absolute atomic E-state index is 14.5. The summed E-state index contributed by atoms with van der Waals surface area (Å²) in [5.74, 6) is -2.66. The van der Waals surface area contributed by atoms with Crippen LogP contribution in [0.1, 0.15) is 57.6 Å². The highest BCUT2D eigenvalue weighted by atomic mass is 35.5. The van der Waals surface area contributed by atoms with Crippen LogP contribution in [0.15, 0.2) is 42.5 Å². The Bertz CT molecular complexity index is 2010. The van der Waals surface area contributed by atoms with Gasteiger partial charge in [0.2, 0.25) is 29.5 Å². The van der Waals surface area contributed by atoms with E-state index in [1.165, 1.54) is 40.6 Å². The Labute approximate surface area is 351 Å². The summed E-state index contributed by atoms with van der Waals surface area (Å²) < 4.78 is 14.5. The van der Waals surface area contributed by atoms with Gasteiger partial charge in [-0.1, -0.05) is 48.4 Å². The highest BCUT2D eigenvalue weighted by Gasteiger charge is 2.63. The van der Waals surface area contributed by atoms with Gasteiger partial charge in [-0.05, 0) is 69.7 Å². The molecule has 4 aliphatic rings. The van der Waals surface area contributed by atoms with Crippen molar-refractivity contribution in [1.82, 2.24) is 30.7 Å². The number of anilines is 1. The van der Waals surface area contributed by atoms with E-state index in [0.717, 1.165) is 11.6 Å². The SMILES string of the molecule is Cc1cccc(C[C@H](NC(=O)Nc2ccc(Cl)cc2F)C(=O)N[C@H](C(=O)N2CCC[C@H]2C(=O)N2CCSC[C@H]2C(=O)N[C@@H](C)C(=O)N2C[C@H](C)C[C@@]23CC3=O)[C@H](C)O)c1. The maximum atomic E-state index is 14.5. The van der Waals surface area contributed by atoms with Gasteiger partial charge < -0.3 is 41.1 Å².